The molecule has 1 aromatic heterocycles. The zero-order chi connectivity index (χ0) is 18.1. The summed E-state index contributed by atoms with van der Waals surface area (Å²) in [5, 5.41) is 12.6. The standard InChI is InChI=1S/C14H16F3N3O4/c1-3-24-11(21)9-10(8-5-4-6-18-7-8)19-12(22)20(2)13(9,23)14(15,16)17/h4-7,9-10,23H,3H2,1-2H3,(H,19,22)/t9-,10-,13-/m0/s1. The SMILES string of the molecule is CCOC(=O)[C@@H]1[C@H](c2cccnc2)NC(=O)N(C)[C@@]1(O)C(F)(F)F. The fraction of sp³-hybridized carbons (Fsp3) is 0.500. The molecule has 0 aliphatic carbocycles. The lowest BCUT2D eigenvalue weighted by molar-refractivity contribution is -0.328. The first kappa shape index (κ1) is 18.0. The highest BCUT2D eigenvalue weighted by molar-refractivity contribution is 5.83. The fourth-order valence-corrected chi connectivity index (χ4v) is 2.64. The molecule has 0 bridgehead atoms. The van der Waals surface area contributed by atoms with Gasteiger partial charge in [-0.1, -0.05) is 6.07 Å². The second-order valence-corrected chi connectivity index (χ2v) is 5.23. The lowest BCUT2D eigenvalue weighted by atomic mass is 9.81. The van der Waals surface area contributed by atoms with Crippen LogP contribution in [0.1, 0.15) is 18.5 Å². The number of nitrogens with one attached hydrogen (secondary N) is 1. The number of pyridine rings is 1. The molecule has 132 valence electrons. The molecule has 3 atom stereocenters. The van der Waals surface area contributed by atoms with E-state index in [1.165, 1.54) is 31.5 Å². The number of carbonyl (C=O) groups is 2. The van der Waals surface area contributed by atoms with Crippen molar-refractivity contribution in [1.82, 2.24) is 15.2 Å². The number of amides is 2. The first-order valence-corrected chi connectivity index (χ1v) is 7.04. The summed E-state index contributed by atoms with van der Waals surface area (Å²) in [4.78, 5) is 28.0. The number of hydrogen-bond donors (Lipinski definition) is 2. The van der Waals surface area contributed by atoms with Crippen LogP contribution >= 0.6 is 0 Å². The first-order valence-electron chi connectivity index (χ1n) is 7.04. The van der Waals surface area contributed by atoms with Crippen LogP contribution in [0, 0.1) is 5.92 Å². The molecule has 1 aliphatic rings. The molecule has 1 aliphatic heterocycles. The molecule has 2 N–H and O–H groups in total. The van der Waals surface area contributed by atoms with Gasteiger partial charge in [-0.05, 0) is 18.6 Å². The Kier molecular flexibility index (Phi) is 4.70. The number of nitrogens with zero attached hydrogens (tertiary/aromatic N) is 2. The predicted molar refractivity (Wildman–Crippen MR) is 74.4 cm³/mol. The minimum atomic E-state index is -5.28. The first-order chi connectivity index (χ1) is 11.1. The summed E-state index contributed by atoms with van der Waals surface area (Å²) in [5.41, 5.74) is -3.58. The second kappa shape index (κ2) is 6.27. The molecule has 1 fully saturated rings. The van der Waals surface area contributed by atoms with Gasteiger partial charge < -0.3 is 15.2 Å². The van der Waals surface area contributed by atoms with Crippen molar-refractivity contribution in [2.24, 2.45) is 5.92 Å². The van der Waals surface area contributed by atoms with Gasteiger partial charge >= 0.3 is 18.2 Å². The van der Waals surface area contributed by atoms with Gasteiger partial charge in [0, 0.05) is 19.4 Å². The van der Waals surface area contributed by atoms with E-state index >= 15 is 0 Å². The molecule has 7 nitrogen and oxygen atoms in total. The van der Waals surface area contributed by atoms with Gasteiger partial charge in [0.1, 0.15) is 5.92 Å². The topological polar surface area (TPSA) is 91.8 Å². The summed E-state index contributed by atoms with van der Waals surface area (Å²) >= 11 is 0. The maximum Gasteiger partial charge on any atom is 0.437 e. The van der Waals surface area contributed by atoms with Crippen LogP contribution in [-0.2, 0) is 9.53 Å². The van der Waals surface area contributed by atoms with E-state index in [1.807, 2.05) is 0 Å². The Labute approximate surface area is 135 Å². The van der Waals surface area contributed by atoms with Gasteiger partial charge in [0.2, 0.25) is 0 Å². The van der Waals surface area contributed by atoms with E-state index in [2.05, 4.69) is 10.3 Å². The molecule has 10 heteroatoms. The Morgan fingerprint density at radius 1 is 1.54 bits per heavy atom. The summed E-state index contributed by atoms with van der Waals surface area (Å²) in [7, 11) is 0.758. The van der Waals surface area contributed by atoms with Gasteiger partial charge in [-0.15, -0.1) is 0 Å². The van der Waals surface area contributed by atoms with Gasteiger partial charge in [0.15, 0.2) is 0 Å². The van der Waals surface area contributed by atoms with Crippen molar-refractivity contribution in [3.05, 3.63) is 30.1 Å². The van der Waals surface area contributed by atoms with E-state index in [1.54, 1.807) is 0 Å². The third-order valence-corrected chi connectivity index (χ3v) is 3.86. The molecule has 0 unspecified atom stereocenters. The highest BCUT2D eigenvalue weighted by Gasteiger charge is 2.69. The normalized spacial score (nSPS) is 27.6. The maximum atomic E-state index is 13.6. The van der Waals surface area contributed by atoms with Crippen molar-refractivity contribution >= 4 is 12.0 Å². The fourth-order valence-electron chi connectivity index (χ4n) is 2.64. The number of ether oxygens (including phenoxy) is 1. The molecular weight excluding hydrogens is 331 g/mol. The number of urea groups is 1. The Morgan fingerprint density at radius 3 is 2.71 bits per heavy atom. The van der Waals surface area contributed by atoms with Gasteiger partial charge in [-0.3, -0.25) is 14.7 Å². The lowest BCUT2D eigenvalue weighted by Gasteiger charge is -2.49. The molecule has 1 aromatic rings. The number of aromatic nitrogens is 1. The minimum Gasteiger partial charge on any atom is -0.466 e. The van der Waals surface area contributed by atoms with Crippen LogP contribution < -0.4 is 5.32 Å². The van der Waals surface area contributed by atoms with Crippen LogP contribution in [-0.4, -0.2) is 52.5 Å². The average molecular weight is 347 g/mol. The van der Waals surface area contributed by atoms with Crippen molar-refractivity contribution in [3.8, 4) is 0 Å². The lowest BCUT2D eigenvalue weighted by Crippen LogP contribution is -2.73. The Bertz CT molecular complexity index is 625. The van der Waals surface area contributed by atoms with Gasteiger partial charge in [-0.2, -0.15) is 13.2 Å². The van der Waals surface area contributed by atoms with E-state index in [0.717, 1.165) is 7.05 Å². The molecule has 1 saturated heterocycles. The molecule has 2 heterocycles. The summed E-state index contributed by atoms with van der Waals surface area (Å²) in [5.74, 6) is -3.40. The smallest absolute Gasteiger partial charge is 0.437 e. The van der Waals surface area contributed by atoms with E-state index in [9.17, 15) is 27.9 Å². The maximum absolute atomic E-state index is 13.6. The van der Waals surface area contributed by atoms with Crippen LogP contribution in [0.2, 0.25) is 0 Å². The van der Waals surface area contributed by atoms with Crippen LogP contribution in [0.3, 0.4) is 0 Å². The molecule has 2 rings (SSSR count). The van der Waals surface area contributed by atoms with Crippen LogP contribution in [0.5, 0.6) is 0 Å². The number of alkyl halides is 3. The molecule has 0 spiro atoms. The molecular formula is C14H16F3N3O4. The van der Waals surface area contributed by atoms with Crippen molar-refractivity contribution in [2.75, 3.05) is 13.7 Å². The van der Waals surface area contributed by atoms with E-state index in [4.69, 9.17) is 4.74 Å². The highest BCUT2D eigenvalue weighted by Crippen LogP contribution is 2.46. The summed E-state index contributed by atoms with van der Waals surface area (Å²) in [6, 6.07) is 0.207. The quantitative estimate of drug-likeness (QED) is 0.802. The van der Waals surface area contributed by atoms with Crippen LogP contribution in [0.4, 0.5) is 18.0 Å². The molecule has 2 amide bonds. The molecule has 0 aromatic carbocycles. The third-order valence-electron chi connectivity index (χ3n) is 3.86. The number of halogens is 3. The Hall–Kier alpha value is -2.36. The average Bonchev–Trinajstić information content (AvgIpc) is 2.52. The number of aliphatic hydroxyl groups is 1. The monoisotopic (exact) mass is 347 g/mol. The summed E-state index contributed by atoms with van der Waals surface area (Å²) < 4.78 is 45.5. The van der Waals surface area contributed by atoms with Crippen LogP contribution in [0.25, 0.3) is 0 Å². The van der Waals surface area contributed by atoms with E-state index in [-0.39, 0.29) is 17.1 Å². The summed E-state index contributed by atoms with van der Waals surface area (Å²) in [6.45, 7) is 1.25. The molecule has 0 saturated carbocycles. The second-order valence-electron chi connectivity index (χ2n) is 5.23. The van der Waals surface area contributed by atoms with Crippen molar-refractivity contribution in [1.29, 1.82) is 0 Å². The largest absolute Gasteiger partial charge is 0.466 e. The third kappa shape index (κ3) is 2.77. The van der Waals surface area contributed by atoms with Gasteiger partial charge in [0.05, 0.1) is 12.6 Å². The van der Waals surface area contributed by atoms with Gasteiger partial charge in [0.25, 0.3) is 5.72 Å². The van der Waals surface area contributed by atoms with Crippen molar-refractivity contribution < 1.29 is 32.6 Å². The van der Waals surface area contributed by atoms with Crippen LogP contribution in [0.15, 0.2) is 24.5 Å². The van der Waals surface area contributed by atoms with E-state index < -0.39 is 35.9 Å². The number of hydrogen-bond acceptors (Lipinski definition) is 5. The zero-order valence-corrected chi connectivity index (χ0v) is 12.9. The molecule has 24 heavy (non-hydrogen) atoms. The Morgan fingerprint density at radius 2 is 2.21 bits per heavy atom. The zero-order valence-electron chi connectivity index (χ0n) is 12.9. The number of rotatable bonds is 3. The Balaban J connectivity index is 2.61. The van der Waals surface area contributed by atoms with Crippen molar-refractivity contribution in [2.45, 2.75) is 24.9 Å². The number of carbonyl (C=O) groups excluding carboxylic acids is 2. The number of esters is 1. The summed E-state index contributed by atoms with van der Waals surface area (Å²) in [6.07, 6.45) is -2.69. The van der Waals surface area contributed by atoms with Gasteiger partial charge in [-0.25, -0.2) is 4.79 Å². The molecule has 0 radical (unpaired) electrons. The van der Waals surface area contributed by atoms with E-state index in [0.29, 0.717) is 0 Å². The predicted octanol–water partition coefficient (Wildman–Crippen LogP) is 1.21. The van der Waals surface area contributed by atoms with Crippen molar-refractivity contribution in [3.63, 3.8) is 0 Å². The minimum absolute atomic E-state index is 0.0570. The highest BCUT2D eigenvalue weighted by atomic mass is 19.4.